The van der Waals surface area contributed by atoms with Crippen LogP contribution in [0.5, 0.6) is 0 Å². The third-order valence-corrected chi connectivity index (χ3v) is 4.50. The third-order valence-electron chi connectivity index (χ3n) is 4.50. The maximum absolute atomic E-state index is 13.0. The number of nitrogens with one attached hydrogen (secondary N) is 1. The molecule has 3 aromatic carbocycles. The van der Waals surface area contributed by atoms with Crippen molar-refractivity contribution in [2.75, 3.05) is 10.2 Å². The Kier molecular flexibility index (Phi) is 5.75. The zero-order valence-corrected chi connectivity index (χ0v) is 16.1. The Morgan fingerprint density at radius 1 is 0.833 bits per heavy atom. The van der Waals surface area contributed by atoms with E-state index in [1.54, 1.807) is 6.20 Å². The molecule has 1 aromatic heterocycles. The van der Waals surface area contributed by atoms with Gasteiger partial charge in [-0.15, -0.1) is 0 Å². The Hall–Kier alpha value is -4.06. The average molecular weight is 398 g/mol. The topological polar surface area (TPSA) is 58.1 Å². The molecule has 1 amide bonds. The standard InChI is InChI=1S/C24H19FN4O/c25-19-11-13-20(14-12-19)28-24(30)22-15-27-23(16-26-22)29(21-9-5-2-6-10-21)17-18-7-3-1-4-8-18/h1-16H,17H2,(H,28,30). The van der Waals surface area contributed by atoms with Crippen LogP contribution in [0.2, 0.25) is 0 Å². The van der Waals surface area contributed by atoms with E-state index in [-0.39, 0.29) is 11.5 Å². The molecule has 1 heterocycles. The van der Waals surface area contributed by atoms with E-state index >= 15 is 0 Å². The van der Waals surface area contributed by atoms with Gasteiger partial charge in [-0.2, -0.15) is 0 Å². The fraction of sp³-hybridized carbons (Fsp3) is 0.0417. The summed E-state index contributed by atoms with van der Waals surface area (Å²) in [5.74, 6) is -0.144. The van der Waals surface area contributed by atoms with E-state index in [4.69, 9.17) is 0 Å². The number of benzene rings is 3. The van der Waals surface area contributed by atoms with Gasteiger partial charge in [-0.3, -0.25) is 4.79 Å². The summed E-state index contributed by atoms with van der Waals surface area (Å²) in [6.45, 7) is 0.612. The van der Waals surface area contributed by atoms with Crippen LogP contribution in [0.3, 0.4) is 0 Å². The largest absolute Gasteiger partial charge is 0.321 e. The lowest BCUT2D eigenvalue weighted by molar-refractivity contribution is 0.102. The summed E-state index contributed by atoms with van der Waals surface area (Å²) in [4.78, 5) is 23.2. The van der Waals surface area contributed by atoms with Crippen molar-refractivity contribution in [2.24, 2.45) is 0 Å². The number of amides is 1. The molecule has 0 atom stereocenters. The highest BCUT2D eigenvalue weighted by atomic mass is 19.1. The van der Waals surface area contributed by atoms with Crippen molar-refractivity contribution >= 4 is 23.1 Å². The zero-order valence-electron chi connectivity index (χ0n) is 16.1. The van der Waals surface area contributed by atoms with Crippen LogP contribution in [-0.4, -0.2) is 15.9 Å². The summed E-state index contributed by atoms with van der Waals surface area (Å²) in [5.41, 5.74) is 2.76. The van der Waals surface area contributed by atoms with E-state index in [2.05, 4.69) is 15.3 Å². The van der Waals surface area contributed by atoms with E-state index in [0.717, 1.165) is 11.3 Å². The maximum Gasteiger partial charge on any atom is 0.275 e. The predicted molar refractivity (Wildman–Crippen MR) is 115 cm³/mol. The summed E-state index contributed by atoms with van der Waals surface area (Å²) in [7, 11) is 0. The van der Waals surface area contributed by atoms with Crippen molar-refractivity contribution in [1.82, 2.24) is 9.97 Å². The average Bonchev–Trinajstić information content (AvgIpc) is 2.80. The van der Waals surface area contributed by atoms with Gasteiger partial charge in [0.25, 0.3) is 5.91 Å². The number of aromatic nitrogens is 2. The molecular formula is C24H19FN4O. The lowest BCUT2D eigenvalue weighted by Gasteiger charge is -2.23. The fourth-order valence-electron chi connectivity index (χ4n) is 2.98. The maximum atomic E-state index is 13.0. The van der Waals surface area contributed by atoms with Gasteiger partial charge >= 0.3 is 0 Å². The van der Waals surface area contributed by atoms with Gasteiger partial charge in [0.2, 0.25) is 0 Å². The van der Waals surface area contributed by atoms with E-state index < -0.39 is 5.91 Å². The second-order valence-electron chi connectivity index (χ2n) is 6.63. The Morgan fingerprint density at radius 3 is 2.13 bits per heavy atom. The number of anilines is 3. The molecule has 1 N–H and O–H groups in total. The SMILES string of the molecule is O=C(Nc1ccc(F)cc1)c1cnc(N(Cc2ccccc2)c2ccccc2)cn1. The molecule has 0 saturated heterocycles. The van der Waals surface area contributed by atoms with Crippen LogP contribution in [-0.2, 0) is 6.54 Å². The number of para-hydroxylation sites is 1. The summed E-state index contributed by atoms with van der Waals surface area (Å²) >= 11 is 0. The van der Waals surface area contributed by atoms with Crippen LogP contribution in [0.25, 0.3) is 0 Å². The van der Waals surface area contributed by atoms with Crippen LogP contribution < -0.4 is 10.2 Å². The Bertz CT molecular complexity index is 1100. The van der Waals surface area contributed by atoms with Crippen molar-refractivity contribution in [1.29, 1.82) is 0 Å². The minimum absolute atomic E-state index is 0.177. The molecule has 0 aliphatic heterocycles. The number of nitrogens with zero attached hydrogens (tertiary/aromatic N) is 3. The van der Waals surface area contributed by atoms with Gasteiger partial charge in [0.05, 0.1) is 12.4 Å². The molecule has 4 rings (SSSR count). The molecule has 5 nitrogen and oxygen atoms in total. The van der Waals surface area contributed by atoms with Crippen LogP contribution in [0.1, 0.15) is 16.1 Å². The van der Waals surface area contributed by atoms with Crippen molar-refractivity contribution in [3.8, 4) is 0 Å². The fourth-order valence-corrected chi connectivity index (χ4v) is 2.98. The van der Waals surface area contributed by atoms with E-state index in [9.17, 15) is 9.18 Å². The summed E-state index contributed by atoms with van der Waals surface area (Å²) in [6, 6.07) is 25.5. The molecule has 0 bridgehead atoms. The number of carbonyl (C=O) groups is 1. The monoisotopic (exact) mass is 398 g/mol. The minimum Gasteiger partial charge on any atom is -0.321 e. The molecule has 0 unspecified atom stereocenters. The summed E-state index contributed by atoms with van der Waals surface area (Å²) in [6.07, 6.45) is 3.02. The third kappa shape index (κ3) is 4.67. The second-order valence-corrected chi connectivity index (χ2v) is 6.63. The molecule has 0 radical (unpaired) electrons. The van der Waals surface area contributed by atoms with E-state index in [1.165, 1.54) is 30.5 Å². The summed E-state index contributed by atoms with van der Waals surface area (Å²) < 4.78 is 13.0. The Balaban J connectivity index is 1.56. The molecule has 4 aromatic rings. The lowest BCUT2D eigenvalue weighted by atomic mass is 10.2. The number of hydrogen-bond acceptors (Lipinski definition) is 4. The van der Waals surface area contributed by atoms with Crippen molar-refractivity contribution in [3.05, 3.63) is 114 Å². The first-order valence-corrected chi connectivity index (χ1v) is 9.44. The first-order valence-electron chi connectivity index (χ1n) is 9.44. The minimum atomic E-state index is -0.407. The van der Waals surface area contributed by atoms with Crippen LogP contribution >= 0.6 is 0 Å². The highest BCUT2D eigenvalue weighted by Crippen LogP contribution is 2.25. The number of halogens is 1. The van der Waals surface area contributed by atoms with Gasteiger partial charge < -0.3 is 10.2 Å². The second kappa shape index (κ2) is 8.96. The molecule has 0 aliphatic rings. The van der Waals surface area contributed by atoms with Crippen molar-refractivity contribution in [3.63, 3.8) is 0 Å². The first kappa shape index (κ1) is 19.3. The normalized spacial score (nSPS) is 10.4. The highest BCUT2D eigenvalue weighted by molar-refractivity contribution is 6.02. The highest BCUT2D eigenvalue weighted by Gasteiger charge is 2.14. The number of carbonyl (C=O) groups excluding carboxylic acids is 1. The van der Waals surface area contributed by atoms with Crippen molar-refractivity contribution in [2.45, 2.75) is 6.54 Å². The summed E-state index contributed by atoms with van der Waals surface area (Å²) in [5, 5.41) is 2.68. The molecule has 30 heavy (non-hydrogen) atoms. The molecule has 0 saturated carbocycles. The van der Waals surface area contributed by atoms with Gasteiger partial charge in [0.1, 0.15) is 11.5 Å². The number of hydrogen-bond donors (Lipinski definition) is 1. The van der Waals surface area contributed by atoms with Crippen molar-refractivity contribution < 1.29 is 9.18 Å². The molecule has 0 fully saturated rings. The van der Waals surface area contributed by atoms with E-state index in [0.29, 0.717) is 18.1 Å². The van der Waals surface area contributed by atoms with Crippen LogP contribution in [0.15, 0.2) is 97.3 Å². The van der Waals surface area contributed by atoms with E-state index in [1.807, 2.05) is 65.6 Å². The molecule has 6 heteroatoms. The predicted octanol–water partition coefficient (Wildman–Crippen LogP) is 5.21. The molecule has 148 valence electrons. The smallest absolute Gasteiger partial charge is 0.275 e. The number of rotatable bonds is 6. The Labute approximate surface area is 173 Å². The molecule has 0 aliphatic carbocycles. The van der Waals surface area contributed by atoms with Crippen LogP contribution in [0.4, 0.5) is 21.6 Å². The lowest BCUT2D eigenvalue weighted by Crippen LogP contribution is -2.19. The van der Waals surface area contributed by atoms with Gasteiger partial charge in [-0.25, -0.2) is 14.4 Å². The molecule has 0 spiro atoms. The molecular weight excluding hydrogens is 379 g/mol. The first-order chi connectivity index (χ1) is 14.7. The zero-order chi connectivity index (χ0) is 20.8. The Morgan fingerprint density at radius 2 is 1.50 bits per heavy atom. The van der Waals surface area contributed by atoms with Gasteiger partial charge in [-0.1, -0.05) is 48.5 Å². The van der Waals surface area contributed by atoms with Gasteiger partial charge in [-0.05, 0) is 42.0 Å². The van der Waals surface area contributed by atoms with Gasteiger partial charge in [0.15, 0.2) is 5.82 Å². The van der Waals surface area contributed by atoms with Gasteiger partial charge in [0, 0.05) is 17.9 Å². The quantitative estimate of drug-likeness (QED) is 0.485. The van der Waals surface area contributed by atoms with Crippen LogP contribution in [0, 0.1) is 5.82 Å².